The van der Waals surface area contributed by atoms with E-state index in [9.17, 15) is 14.7 Å². The van der Waals surface area contributed by atoms with Crippen LogP contribution in [0.15, 0.2) is 65.1 Å². The molecule has 5 heteroatoms. The van der Waals surface area contributed by atoms with E-state index in [1.807, 2.05) is 54.6 Å². The minimum Gasteiger partial charge on any atom is -0.480 e. The molecule has 2 aromatic carbocycles. The fourth-order valence-corrected chi connectivity index (χ4v) is 2.47. The van der Waals surface area contributed by atoms with Gasteiger partial charge in [0.2, 0.25) is 5.91 Å². The molecule has 1 atom stereocenters. The maximum absolute atomic E-state index is 11.9. The van der Waals surface area contributed by atoms with Crippen molar-refractivity contribution in [3.63, 3.8) is 0 Å². The molecule has 0 unspecified atom stereocenters. The number of amides is 1. The fraction of sp³-hybridized carbons (Fsp3) is 0.111. The van der Waals surface area contributed by atoms with Crippen molar-refractivity contribution in [1.29, 1.82) is 0 Å². The Labute approximate surface area is 143 Å². The van der Waals surface area contributed by atoms with E-state index < -0.39 is 17.9 Å². The maximum Gasteiger partial charge on any atom is 0.326 e. The lowest BCUT2D eigenvalue weighted by Crippen LogP contribution is -2.41. The van der Waals surface area contributed by atoms with Crippen molar-refractivity contribution in [1.82, 2.24) is 5.32 Å². The number of nitrogens with one attached hydrogen (secondary N) is 1. The minimum absolute atomic E-state index is 0.243. The van der Waals surface area contributed by atoms with Crippen LogP contribution in [0.1, 0.15) is 11.1 Å². The van der Waals surface area contributed by atoms with Gasteiger partial charge >= 0.3 is 5.97 Å². The van der Waals surface area contributed by atoms with Crippen molar-refractivity contribution in [3.8, 4) is 0 Å². The summed E-state index contributed by atoms with van der Waals surface area (Å²) in [5.41, 5.74) is 1.71. The number of carboxylic acids is 1. The average molecular weight is 374 g/mol. The summed E-state index contributed by atoms with van der Waals surface area (Å²) in [5.74, 6) is -1.49. The lowest BCUT2D eigenvalue weighted by Gasteiger charge is -2.13. The summed E-state index contributed by atoms with van der Waals surface area (Å²) in [6.45, 7) is 0. The van der Waals surface area contributed by atoms with Crippen LogP contribution in [0.25, 0.3) is 6.08 Å². The number of rotatable bonds is 6. The summed E-state index contributed by atoms with van der Waals surface area (Å²) >= 11 is 3.35. The molecule has 0 aliphatic heterocycles. The maximum atomic E-state index is 11.9. The summed E-state index contributed by atoms with van der Waals surface area (Å²) in [4.78, 5) is 23.2. The molecule has 0 spiro atoms. The Hall–Kier alpha value is -2.40. The number of carboxylic acid groups (broad SMARTS) is 1. The molecule has 2 N–H and O–H groups in total. The summed E-state index contributed by atoms with van der Waals surface area (Å²) < 4.78 is 0.910. The molecule has 0 saturated heterocycles. The molecule has 118 valence electrons. The van der Waals surface area contributed by atoms with Gasteiger partial charge in [0.25, 0.3) is 0 Å². The zero-order chi connectivity index (χ0) is 16.7. The zero-order valence-electron chi connectivity index (χ0n) is 12.3. The third-order valence-corrected chi connectivity index (χ3v) is 3.67. The van der Waals surface area contributed by atoms with Crippen LogP contribution in [0.2, 0.25) is 0 Å². The van der Waals surface area contributed by atoms with Crippen molar-refractivity contribution >= 4 is 33.9 Å². The van der Waals surface area contributed by atoms with Crippen LogP contribution in [0.4, 0.5) is 0 Å². The normalized spacial score (nSPS) is 12.0. The van der Waals surface area contributed by atoms with E-state index in [1.54, 1.807) is 6.08 Å². The fourth-order valence-electron chi connectivity index (χ4n) is 2.05. The number of carbonyl (C=O) groups is 2. The van der Waals surface area contributed by atoms with Crippen LogP contribution >= 0.6 is 15.9 Å². The zero-order valence-corrected chi connectivity index (χ0v) is 13.9. The van der Waals surface area contributed by atoms with Crippen LogP contribution in [0.5, 0.6) is 0 Å². The summed E-state index contributed by atoms with van der Waals surface area (Å²) in [6.07, 6.45) is 3.22. The number of hydrogen-bond donors (Lipinski definition) is 2. The average Bonchev–Trinajstić information content (AvgIpc) is 2.53. The standard InChI is InChI=1S/C18H16BrNO3/c19-15-8-4-7-14(11-15)9-10-17(21)20-16(18(22)23)12-13-5-2-1-3-6-13/h1-11,16H,12H2,(H,20,21)(H,22,23)/b10-9+/t16-/m0/s1. The van der Waals surface area contributed by atoms with E-state index in [0.717, 1.165) is 15.6 Å². The van der Waals surface area contributed by atoms with E-state index in [-0.39, 0.29) is 6.42 Å². The molecule has 0 bridgehead atoms. The Balaban J connectivity index is 1.99. The topological polar surface area (TPSA) is 66.4 Å². The van der Waals surface area contributed by atoms with E-state index in [2.05, 4.69) is 21.2 Å². The molecular formula is C18H16BrNO3. The van der Waals surface area contributed by atoms with E-state index in [1.165, 1.54) is 6.08 Å². The first kappa shape index (κ1) is 17.0. The monoisotopic (exact) mass is 373 g/mol. The van der Waals surface area contributed by atoms with Gasteiger partial charge in [-0.25, -0.2) is 4.79 Å². The van der Waals surface area contributed by atoms with Gasteiger partial charge in [-0.1, -0.05) is 58.4 Å². The number of carbonyl (C=O) groups excluding carboxylic acids is 1. The van der Waals surface area contributed by atoms with E-state index in [4.69, 9.17) is 0 Å². The molecule has 0 heterocycles. The molecule has 0 radical (unpaired) electrons. The number of halogens is 1. The SMILES string of the molecule is O=C(/C=C/c1cccc(Br)c1)N[C@@H](Cc1ccccc1)C(=O)O. The molecule has 2 aromatic rings. The van der Waals surface area contributed by atoms with Crippen LogP contribution in [0.3, 0.4) is 0 Å². The third kappa shape index (κ3) is 5.71. The van der Waals surface area contributed by atoms with Crippen molar-refractivity contribution < 1.29 is 14.7 Å². The molecule has 0 aromatic heterocycles. The second kappa shape index (κ2) is 8.29. The van der Waals surface area contributed by atoms with E-state index >= 15 is 0 Å². The Morgan fingerprint density at radius 3 is 2.52 bits per heavy atom. The molecular weight excluding hydrogens is 358 g/mol. The third-order valence-electron chi connectivity index (χ3n) is 3.17. The van der Waals surface area contributed by atoms with Gasteiger partial charge in [-0.3, -0.25) is 4.79 Å². The first-order chi connectivity index (χ1) is 11.0. The quantitative estimate of drug-likeness (QED) is 0.763. The summed E-state index contributed by atoms with van der Waals surface area (Å²) in [6, 6.07) is 15.7. The smallest absolute Gasteiger partial charge is 0.326 e. The van der Waals surface area contributed by atoms with E-state index in [0.29, 0.717) is 0 Å². The number of aliphatic carboxylic acids is 1. The lowest BCUT2D eigenvalue weighted by molar-refractivity contribution is -0.141. The highest BCUT2D eigenvalue weighted by Gasteiger charge is 2.19. The largest absolute Gasteiger partial charge is 0.480 e. The molecule has 0 aliphatic rings. The Bertz CT molecular complexity index is 713. The Kier molecular flexibility index (Phi) is 6.11. The highest BCUT2D eigenvalue weighted by Crippen LogP contribution is 2.12. The molecule has 0 fully saturated rings. The van der Waals surface area contributed by atoms with Crippen molar-refractivity contribution in [3.05, 3.63) is 76.3 Å². The second-order valence-electron chi connectivity index (χ2n) is 4.98. The predicted octanol–water partition coefficient (Wildman–Crippen LogP) is 3.27. The van der Waals surface area contributed by atoms with Crippen molar-refractivity contribution in [2.75, 3.05) is 0 Å². The molecule has 0 saturated carbocycles. The molecule has 4 nitrogen and oxygen atoms in total. The van der Waals surface area contributed by atoms with Gasteiger partial charge in [-0.2, -0.15) is 0 Å². The predicted molar refractivity (Wildman–Crippen MR) is 92.9 cm³/mol. The minimum atomic E-state index is -1.06. The Morgan fingerprint density at radius 1 is 1.13 bits per heavy atom. The van der Waals surface area contributed by atoms with Crippen LogP contribution < -0.4 is 5.32 Å². The first-order valence-electron chi connectivity index (χ1n) is 7.05. The van der Waals surface area contributed by atoms with Gasteiger partial charge in [0.15, 0.2) is 0 Å². The van der Waals surface area contributed by atoms with Gasteiger partial charge in [0.1, 0.15) is 6.04 Å². The Morgan fingerprint density at radius 2 is 1.87 bits per heavy atom. The van der Waals surface area contributed by atoms with Crippen LogP contribution in [-0.2, 0) is 16.0 Å². The molecule has 2 rings (SSSR count). The molecule has 0 aliphatic carbocycles. The van der Waals surface area contributed by atoms with Crippen molar-refractivity contribution in [2.45, 2.75) is 12.5 Å². The molecule has 1 amide bonds. The molecule has 23 heavy (non-hydrogen) atoms. The first-order valence-corrected chi connectivity index (χ1v) is 7.85. The van der Waals surface area contributed by atoms with Gasteiger partial charge < -0.3 is 10.4 Å². The van der Waals surface area contributed by atoms with Crippen LogP contribution in [-0.4, -0.2) is 23.0 Å². The van der Waals surface area contributed by atoms with Crippen LogP contribution in [0, 0.1) is 0 Å². The summed E-state index contributed by atoms with van der Waals surface area (Å²) in [5, 5.41) is 11.8. The lowest BCUT2D eigenvalue weighted by atomic mass is 10.1. The number of benzene rings is 2. The summed E-state index contributed by atoms with van der Waals surface area (Å²) in [7, 11) is 0. The highest BCUT2D eigenvalue weighted by atomic mass is 79.9. The second-order valence-corrected chi connectivity index (χ2v) is 5.89. The number of hydrogen-bond acceptors (Lipinski definition) is 2. The van der Waals surface area contributed by atoms with Gasteiger partial charge in [-0.05, 0) is 29.3 Å². The van der Waals surface area contributed by atoms with Gasteiger partial charge in [-0.15, -0.1) is 0 Å². The van der Waals surface area contributed by atoms with Gasteiger partial charge in [0, 0.05) is 17.0 Å². The van der Waals surface area contributed by atoms with Crippen molar-refractivity contribution in [2.24, 2.45) is 0 Å². The highest BCUT2D eigenvalue weighted by molar-refractivity contribution is 9.10. The van der Waals surface area contributed by atoms with Gasteiger partial charge in [0.05, 0.1) is 0 Å².